The second-order valence-corrected chi connectivity index (χ2v) is 5.18. The quantitative estimate of drug-likeness (QED) is 0.558. The van der Waals surface area contributed by atoms with Gasteiger partial charge in [-0.05, 0) is 12.8 Å². The standard InChI is InChI=1S/C16H26N4O4/c1-23-11-3-6-19-15(21)5-10-20(9-4-12-24-2)16(22)14-13-17-7-8-18-14/h7-8,13H,3-6,9-12H2,1-2H3,(H,19,21). The van der Waals surface area contributed by atoms with E-state index in [0.717, 1.165) is 6.42 Å². The highest BCUT2D eigenvalue weighted by Crippen LogP contribution is 2.03. The highest BCUT2D eigenvalue weighted by molar-refractivity contribution is 5.92. The number of amides is 2. The molecule has 134 valence electrons. The molecule has 0 aliphatic carbocycles. The van der Waals surface area contributed by atoms with Gasteiger partial charge in [0.25, 0.3) is 5.91 Å². The summed E-state index contributed by atoms with van der Waals surface area (Å²) in [5.41, 5.74) is 0.274. The van der Waals surface area contributed by atoms with Gasteiger partial charge in [0.05, 0.1) is 6.20 Å². The molecule has 0 fully saturated rings. The number of nitrogens with zero attached hydrogens (tertiary/aromatic N) is 3. The number of carbonyl (C=O) groups is 2. The van der Waals surface area contributed by atoms with Crippen LogP contribution in [0.4, 0.5) is 0 Å². The van der Waals surface area contributed by atoms with Gasteiger partial charge in [-0.1, -0.05) is 0 Å². The summed E-state index contributed by atoms with van der Waals surface area (Å²) in [5.74, 6) is -0.318. The monoisotopic (exact) mass is 338 g/mol. The molecule has 1 aromatic rings. The molecule has 24 heavy (non-hydrogen) atoms. The molecular formula is C16H26N4O4. The fourth-order valence-corrected chi connectivity index (χ4v) is 2.06. The van der Waals surface area contributed by atoms with E-state index in [0.29, 0.717) is 39.3 Å². The Morgan fingerprint density at radius 1 is 1.12 bits per heavy atom. The van der Waals surface area contributed by atoms with E-state index in [2.05, 4.69) is 15.3 Å². The van der Waals surface area contributed by atoms with E-state index in [1.54, 1.807) is 19.1 Å². The Bertz CT molecular complexity index is 484. The van der Waals surface area contributed by atoms with Gasteiger partial charge in [-0.25, -0.2) is 4.98 Å². The van der Waals surface area contributed by atoms with Crippen molar-refractivity contribution in [3.8, 4) is 0 Å². The molecule has 0 aromatic carbocycles. The van der Waals surface area contributed by atoms with Gasteiger partial charge in [0.15, 0.2) is 0 Å². The number of ether oxygens (including phenoxy) is 2. The fourth-order valence-electron chi connectivity index (χ4n) is 2.06. The number of nitrogens with one attached hydrogen (secondary N) is 1. The highest BCUT2D eigenvalue weighted by atomic mass is 16.5. The first-order valence-corrected chi connectivity index (χ1v) is 7.99. The molecule has 1 aromatic heterocycles. The van der Waals surface area contributed by atoms with Gasteiger partial charge in [0.1, 0.15) is 5.69 Å². The zero-order valence-electron chi connectivity index (χ0n) is 14.4. The Hall–Kier alpha value is -2.06. The molecule has 0 aliphatic heterocycles. The van der Waals surface area contributed by atoms with Crippen LogP contribution in [0.15, 0.2) is 18.6 Å². The molecule has 2 amide bonds. The third-order valence-electron chi connectivity index (χ3n) is 3.30. The minimum Gasteiger partial charge on any atom is -0.385 e. The number of carbonyl (C=O) groups excluding carboxylic acids is 2. The zero-order chi connectivity index (χ0) is 17.6. The van der Waals surface area contributed by atoms with Crippen LogP contribution in [0.3, 0.4) is 0 Å². The summed E-state index contributed by atoms with van der Waals surface area (Å²) in [6.45, 7) is 2.55. The molecule has 1 heterocycles. The van der Waals surface area contributed by atoms with Gasteiger partial charge in [-0.15, -0.1) is 0 Å². The molecule has 0 spiro atoms. The largest absolute Gasteiger partial charge is 0.385 e. The number of aromatic nitrogens is 2. The molecule has 0 radical (unpaired) electrons. The van der Waals surface area contributed by atoms with Gasteiger partial charge in [0.2, 0.25) is 5.91 Å². The summed E-state index contributed by atoms with van der Waals surface area (Å²) in [4.78, 5) is 33.9. The van der Waals surface area contributed by atoms with Crippen molar-refractivity contribution in [1.29, 1.82) is 0 Å². The van der Waals surface area contributed by atoms with Gasteiger partial charge < -0.3 is 19.7 Å². The maximum Gasteiger partial charge on any atom is 0.274 e. The summed E-state index contributed by atoms with van der Waals surface area (Å²) in [6, 6.07) is 0. The average molecular weight is 338 g/mol. The van der Waals surface area contributed by atoms with Crippen LogP contribution in [0.5, 0.6) is 0 Å². The Labute approximate surface area is 142 Å². The van der Waals surface area contributed by atoms with E-state index in [1.807, 2.05) is 0 Å². The van der Waals surface area contributed by atoms with E-state index in [-0.39, 0.29) is 23.9 Å². The van der Waals surface area contributed by atoms with Crippen LogP contribution in [0.1, 0.15) is 29.8 Å². The molecule has 8 heteroatoms. The van der Waals surface area contributed by atoms with E-state index in [1.165, 1.54) is 18.6 Å². The normalized spacial score (nSPS) is 10.4. The fraction of sp³-hybridized carbons (Fsp3) is 0.625. The van der Waals surface area contributed by atoms with Crippen LogP contribution in [-0.2, 0) is 14.3 Å². The molecule has 0 unspecified atom stereocenters. The Morgan fingerprint density at radius 2 is 1.88 bits per heavy atom. The highest BCUT2D eigenvalue weighted by Gasteiger charge is 2.17. The van der Waals surface area contributed by atoms with Crippen LogP contribution in [0, 0.1) is 0 Å². The number of rotatable bonds is 12. The van der Waals surface area contributed by atoms with Crippen LogP contribution in [0.25, 0.3) is 0 Å². The minimum atomic E-state index is -0.230. The molecule has 0 saturated heterocycles. The van der Waals surface area contributed by atoms with Gasteiger partial charge in [0, 0.05) is 65.9 Å². The Kier molecular flexibility index (Phi) is 10.3. The lowest BCUT2D eigenvalue weighted by atomic mass is 10.2. The number of hydrogen-bond acceptors (Lipinski definition) is 6. The molecule has 0 atom stereocenters. The van der Waals surface area contributed by atoms with Crippen molar-refractivity contribution in [3.63, 3.8) is 0 Å². The zero-order valence-corrected chi connectivity index (χ0v) is 14.4. The summed E-state index contributed by atoms with van der Waals surface area (Å²) in [7, 11) is 3.24. The maximum atomic E-state index is 12.5. The molecule has 8 nitrogen and oxygen atoms in total. The van der Waals surface area contributed by atoms with Crippen molar-refractivity contribution in [2.24, 2.45) is 0 Å². The van der Waals surface area contributed by atoms with Crippen molar-refractivity contribution >= 4 is 11.8 Å². The maximum absolute atomic E-state index is 12.5. The second-order valence-electron chi connectivity index (χ2n) is 5.18. The molecular weight excluding hydrogens is 312 g/mol. The molecule has 0 bridgehead atoms. The summed E-state index contributed by atoms with van der Waals surface area (Å²) < 4.78 is 9.95. The van der Waals surface area contributed by atoms with E-state index >= 15 is 0 Å². The molecule has 1 N–H and O–H groups in total. The second kappa shape index (κ2) is 12.4. The van der Waals surface area contributed by atoms with Crippen molar-refractivity contribution in [3.05, 3.63) is 24.3 Å². The lowest BCUT2D eigenvalue weighted by molar-refractivity contribution is -0.121. The van der Waals surface area contributed by atoms with Crippen LogP contribution < -0.4 is 5.32 Å². The Balaban J connectivity index is 2.49. The smallest absolute Gasteiger partial charge is 0.274 e. The topological polar surface area (TPSA) is 93.7 Å². The van der Waals surface area contributed by atoms with Crippen molar-refractivity contribution < 1.29 is 19.1 Å². The summed E-state index contributed by atoms with van der Waals surface area (Å²) >= 11 is 0. The molecule has 1 rings (SSSR count). The molecule has 0 aliphatic rings. The van der Waals surface area contributed by atoms with Crippen LogP contribution in [0.2, 0.25) is 0 Å². The predicted octanol–water partition coefficient (Wildman–Crippen LogP) is 0.498. The predicted molar refractivity (Wildman–Crippen MR) is 88.5 cm³/mol. The van der Waals surface area contributed by atoms with Gasteiger partial charge in [-0.3, -0.25) is 14.6 Å². The van der Waals surface area contributed by atoms with E-state index < -0.39 is 0 Å². The number of hydrogen-bond donors (Lipinski definition) is 1. The average Bonchev–Trinajstić information content (AvgIpc) is 2.62. The summed E-state index contributed by atoms with van der Waals surface area (Å²) in [5, 5.41) is 2.81. The van der Waals surface area contributed by atoms with Crippen molar-refractivity contribution in [1.82, 2.24) is 20.2 Å². The van der Waals surface area contributed by atoms with Crippen LogP contribution >= 0.6 is 0 Å². The first-order chi connectivity index (χ1) is 11.7. The first-order valence-electron chi connectivity index (χ1n) is 7.99. The van der Waals surface area contributed by atoms with Crippen molar-refractivity contribution in [2.75, 3.05) is 47.1 Å². The van der Waals surface area contributed by atoms with E-state index in [9.17, 15) is 9.59 Å². The third-order valence-corrected chi connectivity index (χ3v) is 3.30. The van der Waals surface area contributed by atoms with Gasteiger partial charge >= 0.3 is 0 Å². The first kappa shape index (κ1) is 20.0. The SMILES string of the molecule is COCCCNC(=O)CCN(CCCOC)C(=O)c1cnccn1. The summed E-state index contributed by atoms with van der Waals surface area (Å²) in [6.07, 6.45) is 6.11. The lowest BCUT2D eigenvalue weighted by Gasteiger charge is -2.22. The minimum absolute atomic E-state index is 0.0882. The lowest BCUT2D eigenvalue weighted by Crippen LogP contribution is -2.37. The number of methoxy groups -OCH3 is 2. The third kappa shape index (κ3) is 7.98. The van der Waals surface area contributed by atoms with Gasteiger partial charge in [-0.2, -0.15) is 0 Å². The van der Waals surface area contributed by atoms with E-state index in [4.69, 9.17) is 9.47 Å². The van der Waals surface area contributed by atoms with Crippen molar-refractivity contribution in [2.45, 2.75) is 19.3 Å². The van der Waals surface area contributed by atoms with Crippen LogP contribution in [-0.4, -0.2) is 73.7 Å². The Morgan fingerprint density at radius 3 is 2.54 bits per heavy atom. The molecule has 0 saturated carbocycles.